The van der Waals surface area contributed by atoms with Crippen LogP contribution in [0.25, 0.3) is 11.1 Å². The number of amides is 2. The van der Waals surface area contributed by atoms with Gasteiger partial charge in [-0.25, -0.2) is 4.39 Å². The molecule has 2 aliphatic rings. The summed E-state index contributed by atoms with van der Waals surface area (Å²) in [4.78, 5) is 29.0. The summed E-state index contributed by atoms with van der Waals surface area (Å²) in [7, 11) is 0. The van der Waals surface area contributed by atoms with E-state index in [-0.39, 0.29) is 54.2 Å². The number of alkyl halides is 3. The van der Waals surface area contributed by atoms with Gasteiger partial charge in [-0.3, -0.25) is 14.3 Å². The van der Waals surface area contributed by atoms with Crippen molar-refractivity contribution >= 4 is 23.2 Å². The molecule has 0 aliphatic carbocycles. The first-order valence-electron chi connectivity index (χ1n) is 13.4. The summed E-state index contributed by atoms with van der Waals surface area (Å²) in [6, 6.07) is 8.03. The van der Waals surface area contributed by atoms with Gasteiger partial charge in [0, 0.05) is 79.9 Å². The summed E-state index contributed by atoms with van der Waals surface area (Å²) in [5.74, 6) is -1.81. The van der Waals surface area contributed by atoms with Crippen molar-refractivity contribution in [2.75, 3.05) is 26.2 Å². The summed E-state index contributed by atoms with van der Waals surface area (Å²) in [6.45, 7) is 5.25. The first kappa shape index (κ1) is 29.5. The normalized spacial score (nSPS) is 17.3. The van der Waals surface area contributed by atoms with E-state index in [1.807, 2.05) is 0 Å². The molecule has 0 bridgehead atoms. The molecule has 42 heavy (non-hydrogen) atoms. The third-order valence-corrected chi connectivity index (χ3v) is 8.57. The molecule has 1 saturated heterocycles. The molecule has 2 amide bonds. The maximum atomic E-state index is 15.5. The molecule has 1 fully saturated rings. The number of hydrogen-bond donors (Lipinski definition) is 1. The van der Waals surface area contributed by atoms with Crippen LogP contribution in [0.4, 0.5) is 17.6 Å². The molecular weight excluding hydrogens is 572 g/mol. The second-order valence-electron chi connectivity index (χ2n) is 10.3. The molecule has 2 aromatic heterocycles. The molecule has 0 unspecified atom stereocenters. The molecule has 2 aliphatic heterocycles. The summed E-state index contributed by atoms with van der Waals surface area (Å²) < 4.78 is 58.6. The molecule has 0 radical (unpaired) electrons. The van der Waals surface area contributed by atoms with E-state index < -0.39 is 23.6 Å². The van der Waals surface area contributed by atoms with Crippen molar-refractivity contribution in [3.8, 4) is 17.2 Å². The fourth-order valence-electron chi connectivity index (χ4n) is 5.36. The lowest BCUT2D eigenvalue weighted by Crippen LogP contribution is -2.59. The van der Waals surface area contributed by atoms with E-state index in [0.29, 0.717) is 30.1 Å². The van der Waals surface area contributed by atoms with Crippen molar-refractivity contribution in [3.63, 3.8) is 0 Å². The molecule has 1 N–H and O–H groups in total. The summed E-state index contributed by atoms with van der Waals surface area (Å²) in [5, 5.41) is 16.5. The van der Waals surface area contributed by atoms with E-state index in [0.717, 1.165) is 15.6 Å². The Balaban J connectivity index is 1.45. The van der Waals surface area contributed by atoms with Crippen molar-refractivity contribution < 1.29 is 27.2 Å². The average Bonchev–Trinajstić information content (AvgIpc) is 3.55. The highest BCUT2D eigenvalue weighted by Gasteiger charge is 2.40. The van der Waals surface area contributed by atoms with Gasteiger partial charge in [0.1, 0.15) is 16.8 Å². The maximum absolute atomic E-state index is 15.5. The van der Waals surface area contributed by atoms with Crippen molar-refractivity contribution in [3.05, 3.63) is 75.0 Å². The second kappa shape index (κ2) is 11.7. The molecule has 220 valence electrons. The van der Waals surface area contributed by atoms with Crippen LogP contribution in [0.5, 0.6) is 0 Å². The third-order valence-electron chi connectivity index (χ3n) is 7.53. The van der Waals surface area contributed by atoms with Gasteiger partial charge in [0.05, 0.1) is 6.54 Å². The largest absolute Gasteiger partial charge is 0.435 e. The highest BCUT2D eigenvalue weighted by Crippen LogP contribution is 2.45. The first-order valence-corrected chi connectivity index (χ1v) is 14.2. The number of aryl methyl sites for hydroxylation is 1. The molecule has 0 saturated carbocycles. The maximum Gasteiger partial charge on any atom is 0.435 e. The van der Waals surface area contributed by atoms with Gasteiger partial charge in [-0.05, 0) is 30.2 Å². The number of nitriles is 1. The highest BCUT2D eigenvalue weighted by atomic mass is 32.1. The molecule has 3 aromatic rings. The topological polar surface area (TPSA) is 94.3 Å². The van der Waals surface area contributed by atoms with E-state index >= 15 is 4.39 Å². The van der Waals surface area contributed by atoms with Crippen molar-refractivity contribution in [1.29, 1.82) is 5.26 Å². The minimum Gasteiger partial charge on any atom is -0.340 e. The smallest absolute Gasteiger partial charge is 0.340 e. The van der Waals surface area contributed by atoms with Gasteiger partial charge in [0.25, 0.3) is 0 Å². The number of hydrogen-bond acceptors (Lipinski definition) is 6. The monoisotopic (exact) mass is 600 g/mol. The number of benzene rings is 1. The number of aromatic nitrogens is 2. The summed E-state index contributed by atoms with van der Waals surface area (Å²) in [6.07, 6.45) is -0.511. The Morgan fingerprint density at radius 1 is 1.21 bits per heavy atom. The molecule has 5 rings (SSSR count). The first-order chi connectivity index (χ1) is 20.0. The van der Waals surface area contributed by atoms with Gasteiger partial charge in [0.15, 0.2) is 5.69 Å². The molecule has 1 aromatic carbocycles. The van der Waals surface area contributed by atoms with Crippen LogP contribution in [0.3, 0.4) is 0 Å². The molecule has 13 heteroatoms. The lowest BCUT2D eigenvalue weighted by Gasteiger charge is -2.39. The van der Waals surface area contributed by atoms with Gasteiger partial charge in [-0.2, -0.15) is 23.5 Å². The van der Waals surface area contributed by atoms with Crippen molar-refractivity contribution in [1.82, 2.24) is 24.9 Å². The van der Waals surface area contributed by atoms with Crippen LogP contribution in [0.2, 0.25) is 0 Å². The molecule has 4 heterocycles. The zero-order valence-corrected chi connectivity index (χ0v) is 23.7. The van der Waals surface area contributed by atoms with Crippen LogP contribution >= 0.6 is 11.3 Å². The number of nitrogens with zero attached hydrogens (tertiary/aromatic N) is 5. The van der Waals surface area contributed by atoms with E-state index in [1.54, 1.807) is 34.9 Å². The third kappa shape index (κ3) is 5.82. The van der Waals surface area contributed by atoms with Gasteiger partial charge in [-0.1, -0.05) is 18.2 Å². The Morgan fingerprint density at radius 3 is 2.64 bits per heavy atom. The molecule has 1 atom stereocenters. The van der Waals surface area contributed by atoms with Gasteiger partial charge in [0.2, 0.25) is 11.8 Å². The SMILES string of the molecule is CCn1cc(-c2c(F)cccc2[C@@H]2CN(C(=O)/C=C/CNC3CN(C(C)=O)C3)Cc3sc(C#N)cc32)c(C(F)(F)F)n1. The number of nitrogens with one attached hydrogen (secondary N) is 1. The Bertz CT molecular complexity index is 1580. The Labute approximate surface area is 243 Å². The van der Waals surface area contributed by atoms with Crippen molar-refractivity contribution in [2.24, 2.45) is 0 Å². The zero-order chi connectivity index (χ0) is 30.2. The second-order valence-corrected chi connectivity index (χ2v) is 11.4. The zero-order valence-electron chi connectivity index (χ0n) is 22.9. The minimum atomic E-state index is -4.81. The van der Waals surface area contributed by atoms with E-state index in [4.69, 9.17) is 0 Å². The minimum absolute atomic E-state index is 0.0150. The van der Waals surface area contributed by atoms with E-state index in [1.165, 1.54) is 36.6 Å². The predicted molar refractivity (Wildman–Crippen MR) is 148 cm³/mol. The Hall–Kier alpha value is -4.02. The van der Waals surface area contributed by atoms with Crippen LogP contribution in [0.15, 0.2) is 42.6 Å². The lowest BCUT2D eigenvalue weighted by atomic mass is 9.83. The number of halogens is 4. The van der Waals surface area contributed by atoms with Gasteiger partial charge >= 0.3 is 6.18 Å². The Morgan fingerprint density at radius 2 is 1.98 bits per heavy atom. The number of likely N-dealkylation sites (tertiary alicyclic amines) is 1. The molecule has 0 spiro atoms. The average molecular weight is 601 g/mol. The lowest BCUT2D eigenvalue weighted by molar-refractivity contribution is -0.141. The van der Waals surface area contributed by atoms with Gasteiger partial charge in [-0.15, -0.1) is 11.3 Å². The fraction of sp³-hybridized carbons (Fsp3) is 0.379. The highest BCUT2D eigenvalue weighted by molar-refractivity contribution is 7.12. The number of fused-ring (bicyclic) bond motifs is 1. The number of rotatable bonds is 7. The van der Waals surface area contributed by atoms with Crippen molar-refractivity contribution in [2.45, 2.75) is 45.1 Å². The van der Waals surface area contributed by atoms with E-state index in [2.05, 4.69) is 16.5 Å². The predicted octanol–water partition coefficient (Wildman–Crippen LogP) is 4.51. The standard InChI is InChI=1S/C29H28F4N6O2S/c1-3-39-15-23(28(36-39)29(31,32)33)27-20(6-4-7-24(27)30)22-14-38(16-25-21(22)10-19(11-34)42-25)26(41)8-5-9-35-18-12-37(13-18)17(2)40/h4-8,10,15,18,22,35H,3,9,12-14,16H2,1-2H3/b8-5+/t22-/m0/s1. The number of carbonyl (C=O) groups is 2. The summed E-state index contributed by atoms with van der Waals surface area (Å²) >= 11 is 1.21. The van der Waals surface area contributed by atoms with Gasteiger partial charge < -0.3 is 15.1 Å². The van der Waals surface area contributed by atoms with Crippen LogP contribution in [0.1, 0.15) is 46.3 Å². The number of carbonyl (C=O) groups excluding carboxylic acids is 2. The molecule has 8 nitrogen and oxygen atoms in total. The number of thiophene rings is 1. The fourth-order valence-corrected chi connectivity index (χ4v) is 6.40. The summed E-state index contributed by atoms with van der Waals surface area (Å²) in [5.41, 5.74) is -0.809. The van der Waals surface area contributed by atoms with Crippen LogP contribution in [-0.4, -0.2) is 63.6 Å². The van der Waals surface area contributed by atoms with E-state index in [9.17, 15) is 28.0 Å². The van der Waals surface area contributed by atoms with Crippen LogP contribution < -0.4 is 5.32 Å². The molecular formula is C29H28F4N6O2S. The van der Waals surface area contributed by atoms with Crippen LogP contribution in [0, 0.1) is 17.1 Å². The quantitative estimate of drug-likeness (QED) is 0.318. The Kier molecular flexibility index (Phi) is 8.21. The van der Waals surface area contributed by atoms with Crippen LogP contribution in [-0.2, 0) is 28.9 Å².